The second kappa shape index (κ2) is 3.53. The Morgan fingerprint density at radius 3 is 3.12 bits per heavy atom. The molecule has 4 nitrogen and oxygen atoms in total. The van der Waals surface area contributed by atoms with E-state index in [0.29, 0.717) is 12.0 Å². The zero-order valence-electron chi connectivity index (χ0n) is 8.08. The van der Waals surface area contributed by atoms with Gasteiger partial charge in [0, 0.05) is 12.3 Å². The van der Waals surface area contributed by atoms with E-state index in [1.54, 1.807) is 23.6 Å². The fourth-order valence-corrected chi connectivity index (χ4v) is 2.41. The molecule has 0 bridgehead atoms. The maximum atomic E-state index is 10.5. The summed E-state index contributed by atoms with van der Waals surface area (Å²) in [5.41, 5.74) is 1.01. The van der Waals surface area contributed by atoms with Crippen molar-refractivity contribution >= 4 is 27.7 Å². The molecule has 16 heavy (non-hydrogen) atoms. The molecule has 0 spiro atoms. The minimum Gasteiger partial charge on any atom is -0.354 e. The van der Waals surface area contributed by atoms with Gasteiger partial charge < -0.3 is 4.52 Å². The number of hydrogen-bond acceptors (Lipinski definition) is 5. The first-order valence-electron chi connectivity index (χ1n) is 4.63. The Balaban J connectivity index is 2.24. The zero-order chi connectivity index (χ0) is 11.0. The Bertz CT molecular complexity index is 657. The first kappa shape index (κ1) is 9.23. The molecule has 0 aliphatic carbocycles. The molecule has 78 valence electrons. The van der Waals surface area contributed by atoms with E-state index in [-0.39, 0.29) is 5.69 Å². The number of thiophene rings is 1. The van der Waals surface area contributed by atoms with Crippen molar-refractivity contribution in [3.8, 4) is 11.5 Å². The molecule has 0 amide bonds. The lowest BCUT2D eigenvalue weighted by atomic mass is 10.2. The molecule has 5 heteroatoms. The van der Waals surface area contributed by atoms with Gasteiger partial charge in [0.05, 0.1) is 4.70 Å². The quantitative estimate of drug-likeness (QED) is 0.635. The van der Waals surface area contributed by atoms with Gasteiger partial charge in [-0.05, 0) is 22.9 Å². The van der Waals surface area contributed by atoms with Gasteiger partial charge in [-0.15, -0.1) is 11.3 Å². The van der Waals surface area contributed by atoms with Crippen LogP contribution in [-0.2, 0) is 0 Å². The maximum Gasteiger partial charge on any atom is 0.187 e. The fraction of sp³-hybridized carbons (Fsp3) is 0. The van der Waals surface area contributed by atoms with Crippen molar-refractivity contribution in [1.29, 1.82) is 0 Å². The molecule has 3 rings (SSSR count). The lowest BCUT2D eigenvalue weighted by Crippen LogP contribution is -1.80. The standard InChI is InChI=1S/C11H6N2O2S/c14-6-8-5-9(15-13-8)10-11-7(1-3-12-10)2-4-16-11/h1-6H. The SMILES string of the molecule is O=Cc1cc(-c2nccc3ccsc23)on1. The molecule has 0 aromatic carbocycles. The van der Waals surface area contributed by atoms with Crippen LogP contribution in [0.1, 0.15) is 10.5 Å². The topological polar surface area (TPSA) is 56.0 Å². The summed E-state index contributed by atoms with van der Waals surface area (Å²) in [6.45, 7) is 0. The molecule has 0 atom stereocenters. The maximum absolute atomic E-state index is 10.5. The van der Waals surface area contributed by atoms with Crippen molar-refractivity contribution < 1.29 is 9.32 Å². The second-order valence-corrected chi connectivity index (χ2v) is 4.15. The Morgan fingerprint density at radius 2 is 2.31 bits per heavy atom. The van der Waals surface area contributed by atoms with E-state index < -0.39 is 0 Å². The summed E-state index contributed by atoms with van der Waals surface area (Å²) in [6.07, 6.45) is 2.37. The van der Waals surface area contributed by atoms with Crippen LogP contribution in [0.15, 0.2) is 34.3 Å². The largest absolute Gasteiger partial charge is 0.354 e. The van der Waals surface area contributed by atoms with Crippen molar-refractivity contribution in [3.05, 3.63) is 35.5 Å². The van der Waals surface area contributed by atoms with E-state index in [9.17, 15) is 4.79 Å². The number of nitrogens with zero attached hydrogens (tertiary/aromatic N) is 2. The number of rotatable bonds is 2. The summed E-state index contributed by atoms with van der Waals surface area (Å²) in [7, 11) is 0. The van der Waals surface area contributed by atoms with E-state index in [0.717, 1.165) is 15.8 Å². The predicted molar refractivity (Wildman–Crippen MR) is 60.5 cm³/mol. The van der Waals surface area contributed by atoms with Crippen molar-refractivity contribution in [2.45, 2.75) is 0 Å². The van der Waals surface area contributed by atoms with Gasteiger partial charge in [-0.2, -0.15) is 0 Å². The summed E-state index contributed by atoms with van der Waals surface area (Å²) < 4.78 is 6.12. The van der Waals surface area contributed by atoms with Crippen LogP contribution in [0.4, 0.5) is 0 Å². The summed E-state index contributed by atoms with van der Waals surface area (Å²) >= 11 is 1.59. The highest BCUT2D eigenvalue weighted by molar-refractivity contribution is 7.17. The van der Waals surface area contributed by atoms with E-state index in [1.165, 1.54) is 0 Å². The average molecular weight is 230 g/mol. The number of fused-ring (bicyclic) bond motifs is 1. The van der Waals surface area contributed by atoms with E-state index in [2.05, 4.69) is 10.1 Å². The van der Waals surface area contributed by atoms with Crippen LogP contribution >= 0.6 is 11.3 Å². The summed E-state index contributed by atoms with van der Waals surface area (Å²) in [5.74, 6) is 0.523. The van der Waals surface area contributed by atoms with Crippen LogP contribution in [-0.4, -0.2) is 16.4 Å². The summed E-state index contributed by atoms with van der Waals surface area (Å²) in [5, 5.41) is 6.73. The Hall–Kier alpha value is -2.01. The lowest BCUT2D eigenvalue weighted by molar-refractivity contribution is 0.111. The van der Waals surface area contributed by atoms with Crippen LogP contribution in [0.5, 0.6) is 0 Å². The van der Waals surface area contributed by atoms with Gasteiger partial charge >= 0.3 is 0 Å². The minimum absolute atomic E-state index is 0.283. The van der Waals surface area contributed by atoms with Crippen molar-refractivity contribution in [2.24, 2.45) is 0 Å². The number of aldehydes is 1. The highest BCUT2D eigenvalue weighted by atomic mass is 32.1. The molecule has 0 unspecified atom stereocenters. The summed E-state index contributed by atoms with van der Waals surface area (Å²) in [6, 6.07) is 5.54. The van der Waals surface area contributed by atoms with Gasteiger partial charge in [0.25, 0.3) is 0 Å². The monoisotopic (exact) mass is 230 g/mol. The molecule has 0 aliphatic heterocycles. The van der Waals surface area contributed by atoms with Crippen LogP contribution < -0.4 is 0 Å². The van der Waals surface area contributed by atoms with Crippen molar-refractivity contribution in [1.82, 2.24) is 10.1 Å². The van der Waals surface area contributed by atoms with E-state index in [4.69, 9.17) is 4.52 Å². The number of carbonyl (C=O) groups is 1. The molecule has 3 aromatic rings. The van der Waals surface area contributed by atoms with Gasteiger partial charge in [-0.3, -0.25) is 9.78 Å². The van der Waals surface area contributed by atoms with Gasteiger partial charge in [0.2, 0.25) is 0 Å². The molecule has 0 N–H and O–H groups in total. The molecule has 0 saturated carbocycles. The van der Waals surface area contributed by atoms with Gasteiger partial charge in [-0.1, -0.05) is 5.16 Å². The van der Waals surface area contributed by atoms with Crippen molar-refractivity contribution in [2.75, 3.05) is 0 Å². The van der Waals surface area contributed by atoms with E-state index in [1.807, 2.05) is 17.5 Å². The average Bonchev–Trinajstić information content (AvgIpc) is 2.97. The minimum atomic E-state index is 0.283. The smallest absolute Gasteiger partial charge is 0.187 e. The fourth-order valence-electron chi connectivity index (χ4n) is 1.53. The number of aromatic nitrogens is 2. The molecular weight excluding hydrogens is 224 g/mol. The molecule has 0 aliphatic rings. The number of hydrogen-bond donors (Lipinski definition) is 0. The molecule has 0 saturated heterocycles. The highest BCUT2D eigenvalue weighted by Gasteiger charge is 2.11. The first-order chi connectivity index (χ1) is 7.88. The van der Waals surface area contributed by atoms with Crippen LogP contribution in [0.2, 0.25) is 0 Å². The summed E-state index contributed by atoms with van der Waals surface area (Å²) in [4.78, 5) is 14.8. The van der Waals surface area contributed by atoms with Crippen LogP contribution in [0, 0.1) is 0 Å². The molecular formula is C11H6N2O2S. The highest BCUT2D eigenvalue weighted by Crippen LogP contribution is 2.30. The zero-order valence-corrected chi connectivity index (χ0v) is 8.90. The molecule has 3 heterocycles. The van der Waals surface area contributed by atoms with Gasteiger partial charge in [-0.25, -0.2) is 0 Å². The third kappa shape index (κ3) is 1.33. The Morgan fingerprint density at radius 1 is 1.38 bits per heavy atom. The van der Waals surface area contributed by atoms with E-state index >= 15 is 0 Å². The number of pyridine rings is 1. The van der Waals surface area contributed by atoms with Gasteiger partial charge in [0.15, 0.2) is 12.0 Å². The third-order valence-electron chi connectivity index (χ3n) is 2.25. The Kier molecular flexibility index (Phi) is 2.04. The van der Waals surface area contributed by atoms with Crippen LogP contribution in [0.25, 0.3) is 21.5 Å². The second-order valence-electron chi connectivity index (χ2n) is 3.23. The number of carbonyl (C=O) groups excluding carboxylic acids is 1. The normalized spacial score (nSPS) is 10.8. The lowest BCUT2D eigenvalue weighted by Gasteiger charge is -1.95. The first-order valence-corrected chi connectivity index (χ1v) is 5.51. The predicted octanol–water partition coefficient (Wildman–Crippen LogP) is 2.76. The third-order valence-corrected chi connectivity index (χ3v) is 3.19. The van der Waals surface area contributed by atoms with Gasteiger partial charge in [0.1, 0.15) is 11.4 Å². The Labute approximate surface area is 94.5 Å². The van der Waals surface area contributed by atoms with Crippen LogP contribution in [0.3, 0.4) is 0 Å². The molecule has 3 aromatic heterocycles. The molecule has 0 fully saturated rings. The van der Waals surface area contributed by atoms with Crippen molar-refractivity contribution in [3.63, 3.8) is 0 Å². The molecule has 0 radical (unpaired) electrons.